The van der Waals surface area contributed by atoms with Crippen molar-refractivity contribution in [1.29, 1.82) is 0 Å². The van der Waals surface area contributed by atoms with E-state index in [1.165, 1.54) is 12.1 Å². The fraction of sp³-hybridized carbons (Fsp3) is 0.304. The van der Waals surface area contributed by atoms with E-state index < -0.39 is 0 Å². The van der Waals surface area contributed by atoms with Crippen molar-refractivity contribution in [2.24, 2.45) is 0 Å². The third kappa shape index (κ3) is 5.69. The maximum Gasteiger partial charge on any atom is 0.220 e. The number of furan rings is 1. The van der Waals surface area contributed by atoms with Crippen LogP contribution in [0.3, 0.4) is 0 Å². The number of hydrogen-bond donors (Lipinski definition) is 2. The Hall–Kier alpha value is -3.75. The van der Waals surface area contributed by atoms with Gasteiger partial charge in [0.1, 0.15) is 17.4 Å². The van der Waals surface area contributed by atoms with E-state index in [9.17, 15) is 9.18 Å². The molecule has 0 aliphatic rings. The number of fused-ring (bicyclic) bond motifs is 1. The third-order valence-corrected chi connectivity index (χ3v) is 5.10. The average Bonchev–Trinajstić information content (AvgIpc) is 3.45. The van der Waals surface area contributed by atoms with Gasteiger partial charge in [0.2, 0.25) is 5.91 Å². The first-order chi connectivity index (χ1) is 15.6. The fourth-order valence-corrected chi connectivity index (χ4v) is 3.34. The van der Waals surface area contributed by atoms with Crippen molar-refractivity contribution in [2.45, 2.75) is 45.2 Å². The minimum Gasteiger partial charge on any atom is -0.469 e. The average molecular weight is 436 g/mol. The van der Waals surface area contributed by atoms with Crippen molar-refractivity contribution >= 4 is 17.4 Å². The first-order valence-electron chi connectivity index (χ1n) is 10.6. The summed E-state index contributed by atoms with van der Waals surface area (Å²) in [6.07, 6.45) is 3.95. The molecule has 0 fully saturated rings. The van der Waals surface area contributed by atoms with Gasteiger partial charge in [-0.05, 0) is 55.3 Å². The SMILES string of the molecule is CC(CCc1ccco1)NC(=O)CCc1nnc2ccc(NCc3ccc(F)cc3)nn12. The molecule has 0 aliphatic heterocycles. The van der Waals surface area contributed by atoms with Crippen molar-refractivity contribution < 1.29 is 13.6 Å². The molecule has 1 unspecified atom stereocenters. The highest BCUT2D eigenvalue weighted by molar-refractivity contribution is 5.76. The maximum atomic E-state index is 13.0. The predicted octanol–water partition coefficient (Wildman–Crippen LogP) is 3.54. The Balaban J connectivity index is 1.30. The summed E-state index contributed by atoms with van der Waals surface area (Å²) in [5.41, 5.74) is 1.55. The Kier molecular flexibility index (Phi) is 6.74. The number of rotatable bonds is 10. The van der Waals surface area contributed by atoms with Gasteiger partial charge in [-0.1, -0.05) is 12.1 Å². The monoisotopic (exact) mass is 436 g/mol. The Morgan fingerprint density at radius 3 is 2.75 bits per heavy atom. The van der Waals surface area contributed by atoms with Gasteiger partial charge in [-0.25, -0.2) is 4.39 Å². The van der Waals surface area contributed by atoms with Crippen molar-refractivity contribution in [2.75, 3.05) is 5.32 Å². The van der Waals surface area contributed by atoms with Gasteiger partial charge in [-0.3, -0.25) is 4.79 Å². The summed E-state index contributed by atoms with van der Waals surface area (Å²) in [7, 11) is 0. The van der Waals surface area contributed by atoms with Crippen LogP contribution in [-0.4, -0.2) is 31.8 Å². The number of carbonyl (C=O) groups excluding carboxylic acids is 1. The van der Waals surface area contributed by atoms with Gasteiger partial charge in [-0.15, -0.1) is 15.3 Å². The number of nitrogens with zero attached hydrogens (tertiary/aromatic N) is 4. The fourth-order valence-electron chi connectivity index (χ4n) is 3.34. The van der Waals surface area contributed by atoms with E-state index in [2.05, 4.69) is 25.9 Å². The molecule has 0 bridgehead atoms. The van der Waals surface area contributed by atoms with Gasteiger partial charge in [0, 0.05) is 31.8 Å². The minimum atomic E-state index is -0.265. The lowest BCUT2D eigenvalue weighted by atomic mass is 10.1. The Morgan fingerprint density at radius 2 is 1.97 bits per heavy atom. The molecule has 0 radical (unpaired) electrons. The van der Waals surface area contributed by atoms with Gasteiger partial charge in [-0.2, -0.15) is 4.52 Å². The normalized spacial score (nSPS) is 12.1. The van der Waals surface area contributed by atoms with Crippen LogP contribution < -0.4 is 10.6 Å². The van der Waals surface area contributed by atoms with Crippen LogP contribution in [0.4, 0.5) is 10.2 Å². The summed E-state index contributed by atoms with van der Waals surface area (Å²) in [6.45, 7) is 2.49. The first-order valence-corrected chi connectivity index (χ1v) is 10.6. The standard InChI is InChI=1S/C23H25FN6O2/c1-16(4-9-19-3-2-14-32-19)26-23(31)13-12-22-28-27-21-11-10-20(29-30(21)22)25-15-17-5-7-18(24)8-6-17/h2-3,5-8,10-11,14,16H,4,9,12-13,15H2,1H3,(H,25,29)(H,26,31). The number of carbonyl (C=O) groups is 1. The molecule has 0 saturated heterocycles. The zero-order chi connectivity index (χ0) is 22.3. The molecule has 4 aromatic rings. The zero-order valence-corrected chi connectivity index (χ0v) is 17.8. The number of anilines is 1. The number of halogens is 1. The molecule has 8 nitrogen and oxygen atoms in total. The summed E-state index contributed by atoms with van der Waals surface area (Å²) < 4.78 is 20.0. The molecule has 1 amide bonds. The highest BCUT2D eigenvalue weighted by Gasteiger charge is 2.12. The van der Waals surface area contributed by atoms with E-state index in [4.69, 9.17) is 4.42 Å². The number of benzene rings is 1. The molecule has 3 aromatic heterocycles. The van der Waals surface area contributed by atoms with E-state index in [1.807, 2.05) is 31.2 Å². The lowest BCUT2D eigenvalue weighted by molar-refractivity contribution is -0.121. The summed E-state index contributed by atoms with van der Waals surface area (Å²) in [6, 6.07) is 13.8. The molecule has 4 rings (SSSR count). The summed E-state index contributed by atoms with van der Waals surface area (Å²) in [5.74, 6) is 1.86. The summed E-state index contributed by atoms with van der Waals surface area (Å²) >= 11 is 0. The molecule has 166 valence electrons. The van der Waals surface area contributed by atoms with E-state index in [0.717, 1.165) is 24.2 Å². The molecule has 1 aromatic carbocycles. The first kappa shape index (κ1) is 21.5. The van der Waals surface area contributed by atoms with Crippen molar-refractivity contribution in [3.8, 4) is 0 Å². The smallest absolute Gasteiger partial charge is 0.220 e. The van der Waals surface area contributed by atoms with E-state index in [1.54, 1.807) is 22.9 Å². The number of aryl methyl sites for hydroxylation is 2. The van der Waals surface area contributed by atoms with Crippen LogP contribution in [0.1, 0.15) is 36.9 Å². The van der Waals surface area contributed by atoms with Crippen LogP contribution in [0, 0.1) is 5.82 Å². The van der Waals surface area contributed by atoms with Crippen LogP contribution >= 0.6 is 0 Å². The van der Waals surface area contributed by atoms with Crippen LogP contribution in [0.15, 0.2) is 59.2 Å². The second-order valence-corrected chi connectivity index (χ2v) is 7.67. The highest BCUT2D eigenvalue weighted by atomic mass is 19.1. The van der Waals surface area contributed by atoms with Gasteiger partial charge in [0.15, 0.2) is 11.5 Å². The molecule has 2 N–H and O–H groups in total. The molecule has 32 heavy (non-hydrogen) atoms. The Labute approximate surface area is 184 Å². The Bertz CT molecular complexity index is 1160. The Morgan fingerprint density at radius 1 is 1.12 bits per heavy atom. The molecular weight excluding hydrogens is 411 g/mol. The second kappa shape index (κ2) is 10.0. The van der Waals surface area contributed by atoms with Crippen molar-refractivity contribution in [1.82, 2.24) is 25.1 Å². The predicted molar refractivity (Wildman–Crippen MR) is 117 cm³/mol. The lowest BCUT2D eigenvalue weighted by Crippen LogP contribution is -2.33. The molecule has 3 heterocycles. The minimum absolute atomic E-state index is 0.0423. The van der Waals surface area contributed by atoms with Crippen LogP contribution in [-0.2, 0) is 24.2 Å². The topological polar surface area (TPSA) is 97.4 Å². The lowest BCUT2D eigenvalue weighted by Gasteiger charge is -2.13. The maximum absolute atomic E-state index is 13.0. The van der Waals surface area contributed by atoms with Gasteiger partial charge in [0.25, 0.3) is 0 Å². The largest absolute Gasteiger partial charge is 0.469 e. The quantitative estimate of drug-likeness (QED) is 0.395. The van der Waals surface area contributed by atoms with Gasteiger partial charge < -0.3 is 15.1 Å². The van der Waals surface area contributed by atoms with Crippen molar-refractivity contribution in [3.63, 3.8) is 0 Å². The van der Waals surface area contributed by atoms with E-state index >= 15 is 0 Å². The number of nitrogens with one attached hydrogen (secondary N) is 2. The van der Waals surface area contributed by atoms with Gasteiger partial charge in [0.05, 0.1) is 6.26 Å². The molecular formula is C23H25FN6O2. The van der Waals surface area contributed by atoms with Gasteiger partial charge >= 0.3 is 0 Å². The molecule has 0 spiro atoms. The number of hydrogen-bond acceptors (Lipinski definition) is 6. The number of amides is 1. The van der Waals surface area contributed by atoms with E-state index in [-0.39, 0.29) is 17.8 Å². The molecule has 0 saturated carbocycles. The summed E-state index contributed by atoms with van der Waals surface area (Å²) in [5, 5.41) is 19.0. The molecule has 1 atom stereocenters. The third-order valence-electron chi connectivity index (χ3n) is 5.10. The molecule has 9 heteroatoms. The molecule has 0 aliphatic carbocycles. The highest BCUT2D eigenvalue weighted by Crippen LogP contribution is 2.11. The van der Waals surface area contributed by atoms with Crippen LogP contribution in [0.25, 0.3) is 5.65 Å². The van der Waals surface area contributed by atoms with Crippen LogP contribution in [0.2, 0.25) is 0 Å². The second-order valence-electron chi connectivity index (χ2n) is 7.67. The summed E-state index contributed by atoms with van der Waals surface area (Å²) in [4.78, 5) is 12.3. The van der Waals surface area contributed by atoms with Crippen LogP contribution in [0.5, 0.6) is 0 Å². The number of aromatic nitrogens is 4. The van der Waals surface area contributed by atoms with E-state index in [0.29, 0.717) is 36.7 Å². The zero-order valence-electron chi connectivity index (χ0n) is 17.8. The van der Waals surface area contributed by atoms with Crippen molar-refractivity contribution in [3.05, 3.63) is 77.8 Å².